The van der Waals surface area contributed by atoms with E-state index in [4.69, 9.17) is 5.11 Å². The first-order chi connectivity index (χ1) is 7.22. The number of rotatable bonds is 9. The van der Waals surface area contributed by atoms with Gasteiger partial charge < -0.3 is 10.0 Å². The van der Waals surface area contributed by atoms with Crippen LogP contribution in [0.2, 0.25) is 0 Å². The maximum atomic E-state index is 10.3. The lowest BCUT2D eigenvalue weighted by molar-refractivity contribution is -0.137. The maximum Gasteiger partial charge on any atom is 0.303 e. The van der Waals surface area contributed by atoms with Crippen LogP contribution in [-0.4, -0.2) is 35.6 Å². The summed E-state index contributed by atoms with van der Waals surface area (Å²) in [5.74, 6) is 0.296. The lowest BCUT2D eigenvalue weighted by Crippen LogP contribution is -2.26. The van der Waals surface area contributed by atoms with Crippen LogP contribution in [0.5, 0.6) is 0 Å². The fourth-order valence-corrected chi connectivity index (χ4v) is 1.83. The predicted molar refractivity (Wildman–Crippen MR) is 60.9 cm³/mol. The van der Waals surface area contributed by atoms with E-state index in [9.17, 15) is 4.79 Å². The predicted octanol–water partition coefficient (Wildman–Crippen LogP) is 2.36. The number of unbranched alkanes of at least 4 members (excludes halogenated alkanes) is 2. The van der Waals surface area contributed by atoms with Gasteiger partial charge in [-0.25, -0.2) is 0 Å². The number of aliphatic carboxylic acids is 1. The smallest absolute Gasteiger partial charge is 0.303 e. The van der Waals surface area contributed by atoms with Crippen LogP contribution in [0, 0.1) is 5.92 Å². The van der Waals surface area contributed by atoms with Gasteiger partial charge in [0.1, 0.15) is 0 Å². The van der Waals surface area contributed by atoms with E-state index in [0.29, 0.717) is 6.42 Å². The summed E-state index contributed by atoms with van der Waals surface area (Å²) in [5.41, 5.74) is 0. The highest BCUT2D eigenvalue weighted by molar-refractivity contribution is 5.66. The fourth-order valence-electron chi connectivity index (χ4n) is 1.83. The third-order valence-electron chi connectivity index (χ3n) is 3.03. The maximum absolute atomic E-state index is 10.3. The second kappa shape index (κ2) is 6.83. The quantitative estimate of drug-likeness (QED) is 0.598. The van der Waals surface area contributed by atoms with E-state index in [1.54, 1.807) is 0 Å². The first kappa shape index (κ1) is 12.5. The van der Waals surface area contributed by atoms with E-state index in [-0.39, 0.29) is 0 Å². The van der Waals surface area contributed by atoms with Crippen molar-refractivity contribution in [1.29, 1.82) is 0 Å². The van der Waals surface area contributed by atoms with Crippen LogP contribution in [-0.2, 0) is 4.79 Å². The molecule has 0 radical (unpaired) electrons. The lowest BCUT2D eigenvalue weighted by atomic mass is 10.2. The molecule has 0 heterocycles. The zero-order valence-electron chi connectivity index (χ0n) is 9.74. The molecule has 1 aliphatic carbocycles. The van der Waals surface area contributed by atoms with Gasteiger partial charge in [0, 0.05) is 13.0 Å². The van der Waals surface area contributed by atoms with Crippen LogP contribution < -0.4 is 0 Å². The van der Waals surface area contributed by atoms with Crippen LogP contribution in [0.25, 0.3) is 0 Å². The van der Waals surface area contributed by atoms with E-state index >= 15 is 0 Å². The summed E-state index contributed by atoms with van der Waals surface area (Å²) in [6, 6.07) is 0. The molecule has 1 rings (SSSR count). The molecular weight excluding hydrogens is 190 g/mol. The van der Waals surface area contributed by atoms with Gasteiger partial charge in [-0.1, -0.05) is 13.3 Å². The van der Waals surface area contributed by atoms with Crippen LogP contribution in [0.3, 0.4) is 0 Å². The van der Waals surface area contributed by atoms with Crippen molar-refractivity contribution in [2.75, 3.05) is 19.6 Å². The topological polar surface area (TPSA) is 40.5 Å². The van der Waals surface area contributed by atoms with Crippen molar-refractivity contribution in [3.05, 3.63) is 0 Å². The zero-order valence-corrected chi connectivity index (χ0v) is 9.74. The van der Waals surface area contributed by atoms with Gasteiger partial charge in [0.25, 0.3) is 0 Å². The molecule has 15 heavy (non-hydrogen) atoms. The van der Waals surface area contributed by atoms with E-state index < -0.39 is 5.97 Å². The van der Waals surface area contributed by atoms with Gasteiger partial charge in [0.2, 0.25) is 0 Å². The summed E-state index contributed by atoms with van der Waals surface area (Å²) in [7, 11) is 0. The molecule has 1 saturated carbocycles. The van der Waals surface area contributed by atoms with Crippen molar-refractivity contribution in [3.8, 4) is 0 Å². The number of nitrogens with zero attached hydrogens (tertiary/aromatic N) is 1. The van der Waals surface area contributed by atoms with Crippen LogP contribution >= 0.6 is 0 Å². The number of hydrogen-bond donors (Lipinski definition) is 1. The Bertz CT molecular complexity index is 190. The Morgan fingerprint density at radius 2 is 2.07 bits per heavy atom. The minimum absolute atomic E-state index is 0.328. The van der Waals surface area contributed by atoms with E-state index in [2.05, 4.69) is 11.8 Å². The average molecular weight is 213 g/mol. The Kier molecular flexibility index (Phi) is 5.69. The van der Waals surface area contributed by atoms with E-state index in [1.165, 1.54) is 19.4 Å². The van der Waals surface area contributed by atoms with Gasteiger partial charge >= 0.3 is 5.97 Å². The molecule has 1 N–H and O–H groups in total. The summed E-state index contributed by atoms with van der Waals surface area (Å²) < 4.78 is 0. The van der Waals surface area contributed by atoms with Crippen molar-refractivity contribution in [1.82, 2.24) is 4.90 Å². The van der Waals surface area contributed by atoms with Crippen molar-refractivity contribution in [2.24, 2.45) is 5.92 Å². The van der Waals surface area contributed by atoms with Gasteiger partial charge in [0.15, 0.2) is 0 Å². The third kappa shape index (κ3) is 6.50. The summed E-state index contributed by atoms with van der Waals surface area (Å²) in [5, 5.41) is 8.48. The highest BCUT2D eigenvalue weighted by Crippen LogP contribution is 2.29. The number of carbonyl (C=O) groups is 1. The second-order valence-electron chi connectivity index (χ2n) is 4.54. The van der Waals surface area contributed by atoms with Gasteiger partial charge in [0.05, 0.1) is 0 Å². The molecule has 3 nitrogen and oxygen atoms in total. The van der Waals surface area contributed by atoms with Crippen LogP contribution in [0.15, 0.2) is 0 Å². The van der Waals surface area contributed by atoms with Gasteiger partial charge in [-0.3, -0.25) is 4.79 Å². The second-order valence-corrected chi connectivity index (χ2v) is 4.54. The Morgan fingerprint density at radius 1 is 1.33 bits per heavy atom. The summed E-state index contributed by atoms with van der Waals surface area (Å²) >= 11 is 0. The number of carboxylic acids is 1. The number of carboxylic acid groups (broad SMARTS) is 1. The van der Waals surface area contributed by atoms with Gasteiger partial charge in [-0.05, 0) is 44.7 Å². The summed E-state index contributed by atoms with van der Waals surface area (Å²) in [6.45, 7) is 5.75. The minimum Gasteiger partial charge on any atom is -0.481 e. The monoisotopic (exact) mass is 213 g/mol. The molecule has 0 aromatic carbocycles. The fraction of sp³-hybridized carbons (Fsp3) is 0.917. The highest BCUT2D eigenvalue weighted by atomic mass is 16.4. The molecule has 0 amide bonds. The van der Waals surface area contributed by atoms with Crippen LogP contribution in [0.4, 0.5) is 0 Å². The lowest BCUT2D eigenvalue weighted by Gasteiger charge is -2.19. The largest absolute Gasteiger partial charge is 0.481 e. The molecule has 0 aliphatic heterocycles. The van der Waals surface area contributed by atoms with Crippen molar-refractivity contribution in [3.63, 3.8) is 0 Å². The summed E-state index contributed by atoms with van der Waals surface area (Å²) in [4.78, 5) is 12.8. The molecule has 3 heteroatoms. The molecule has 0 aromatic heterocycles. The molecule has 0 aromatic rings. The van der Waals surface area contributed by atoms with Crippen molar-refractivity contribution >= 4 is 5.97 Å². The normalized spacial score (nSPS) is 15.9. The van der Waals surface area contributed by atoms with Gasteiger partial charge in [-0.2, -0.15) is 0 Å². The standard InChI is InChI=1S/C12H23NO2/c1-2-13(10-11-7-8-11)9-5-3-4-6-12(14)15/h11H,2-10H2,1H3,(H,14,15). The average Bonchev–Trinajstić information content (AvgIpc) is 2.99. The molecule has 1 fully saturated rings. The molecule has 0 bridgehead atoms. The SMILES string of the molecule is CCN(CCCCCC(=O)O)CC1CC1. The van der Waals surface area contributed by atoms with Crippen molar-refractivity contribution in [2.45, 2.75) is 45.4 Å². The van der Waals surface area contributed by atoms with Gasteiger partial charge in [-0.15, -0.1) is 0 Å². The molecule has 0 saturated heterocycles. The zero-order chi connectivity index (χ0) is 11.1. The summed E-state index contributed by atoms with van der Waals surface area (Å²) in [6.07, 6.45) is 6.18. The molecule has 0 atom stereocenters. The van der Waals surface area contributed by atoms with Crippen LogP contribution in [0.1, 0.15) is 45.4 Å². The number of hydrogen-bond acceptors (Lipinski definition) is 2. The molecule has 0 unspecified atom stereocenters. The Morgan fingerprint density at radius 3 is 2.60 bits per heavy atom. The van der Waals surface area contributed by atoms with E-state index in [0.717, 1.165) is 38.3 Å². The molecular formula is C12H23NO2. The van der Waals surface area contributed by atoms with Crippen molar-refractivity contribution < 1.29 is 9.90 Å². The minimum atomic E-state index is -0.666. The Hall–Kier alpha value is -0.570. The first-order valence-electron chi connectivity index (χ1n) is 6.16. The third-order valence-corrected chi connectivity index (χ3v) is 3.03. The first-order valence-corrected chi connectivity index (χ1v) is 6.16. The Balaban J connectivity index is 1.93. The molecule has 88 valence electrons. The van der Waals surface area contributed by atoms with E-state index in [1.807, 2.05) is 0 Å². The highest BCUT2D eigenvalue weighted by Gasteiger charge is 2.23. The molecule has 0 spiro atoms. The Labute approximate surface area is 92.5 Å². The molecule has 1 aliphatic rings.